The molecule has 1 aliphatic carbocycles. The van der Waals surface area contributed by atoms with Gasteiger partial charge in [0.2, 0.25) is 15.9 Å². The Bertz CT molecular complexity index is 610. The molecule has 6 heteroatoms. The van der Waals surface area contributed by atoms with Crippen LogP contribution in [-0.4, -0.2) is 37.5 Å². The van der Waals surface area contributed by atoms with Crippen molar-refractivity contribution in [2.24, 2.45) is 11.3 Å². The van der Waals surface area contributed by atoms with Crippen LogP contribution in [0.4, 0.5) is 0 Å². The van der Waals surface area contributed by atoms with Crippen LogP contribution >= 0.6 is 0 Å². The number of nitrogens with zero attached hydrogens (tertiary/aromatic N) is 1. The van der Waals surface area contributed by atoms with Gasteiger partial charge in [-0.15, -0.1) is 6.58 Å². The largest absolute Gasteiger partial charge is 0.329 e. The third-order valence-corrected chi connectivity index (χ3v) is 7.33. The predicted octanol–water partition coefficient (Wildman–Crippen LogP) is 2.18. The molecule has 1 spiro atoms. The summed E-state index contributed by atoms with van der Waals surface area (Å²) in [6.45, 7) is 4.34. The number of carbonyl (C=O) groups is 1. The number of rotatable bonds is 4. The van der Waals surface area contributed by atoms with Crippen molar-refractivity contribution < 1.29 is 13.2 Å². The third-order valence-electron chi connectivity index (χ3n) is 5.52. The maximum Gasteiger partial charge on any atom is 0.234 e. The molecule has 3 aliphatic rings. The van der Waals surface area contributed by atoms with Crippen molar-refractivity contribution >= 4 is 15.9 Å². The second-order valence-electron chi connectivity index (χ2n) is 7.01. The van der Waals surface area contributed by atoms with Gasteiger partial charge in [-0.05, 0) is 37.7 Å². The molecule has 1 saturated heterocycles. The molecular weight excluding hydrogens is 312 g/mol. The number of sulfonamides is 1. The minimum absolute atomic E-state index is 0.0324. The van der Waals surface area contributed by atoms with Gasteiger partial charge in [0.25, 0.3) is 0 Å². The van der Waals surface area contributed by atoms with Gasteiger partial charge in [0.05, 0.1) is 11.2 Å². The molecule has 0 aromatic rings. The lowest BCUT2D eigenvalue weighted by atomic mass is 9.78. The fourth-order valence-corrected chi connectivity index (χ4v) is 5.33. The maximum absolute atomic E-state index is 12.5. The highest BCUT2D eigenvalue weighted by Gasteiger charge is 2.46. The molecule has 0 unspecified atom stereocenters. The molecule has 128 valence electrons. The van der Waals surface area contributed by atoms with Gasteiger partial charge in [-0.2, -0.15) is 0 Å². The Labute approximate surface area is 138 Å². The quantitative estimate of drug-likeness (QED) is 0.799. The average molecular weight is 338 g/mol. The normalized spacial score (nSPS) is 26.1. The van der Waals surface area contributed by atoms with E-state index >= 15 is 0 Å². The van der Waals surface area contributed by atoms with Crippen LogP contribution in [0.3, 0.4) is 0 Å². The van der Waals surface area contributed by atoms with Crippen molar-refractivity contribution in [2.45, 2.75) is 44.9 Å². The lowest BCUT2D eigenvalue weighted by Gasteiger charge is -2.35. The number of piperidine rings is 1. The molecule has 1 N–H and O–H groups in total. The van der Waals surface area contributed by atoms with E-state index in [0.29, 0.717) is 31.8 Å². The zero-order valence-electron chi connectivity index (χ0n) is 13.6. The molecule has 0 radical (unpaired) electrons. The SMILES string of the molecule is C=CCS(=O)(=O)N1CCC2(C=C(C3CCCCC3)NC2=O)CC1. The fraction of sp³-hybridized carbons (Fsp3) is 0.706. The minimum atomic E-state index is -3.27. The van der Waals surface area contributed by atoms with Gasteiger partial charge in [-0.3, -0.25) is 4.79 Å². The summed E-state index contributed by atoms with van der Waals surface area (Å²) in [5.74, 6) is 0.517. The first kappa shape index (κ1) is 16.7. The second-order valence-corrected chi connectivity index (χ2v) is 9.02. The highest BCUT2D eigenvalue weighted by Crippen LogP contribution is 2.42. The number of allylic oxidation sites excluding steroid dienone is 1. The van der Waals surface area contributed by atoms with Crippen LogP contribution in [-0.2, 0) is 14.8 Å². The Morgan fingerprint density at radius 3 is 2.52 bits per heavy atom. The fourth-order valence-electron chi connectivity index (χ4n) is 4.08. The van der Waals surface area contributed by atoms with E-state index in [4.69, 9.17) is 0 Å². The summed E-state index contributed by atoms with van der Waals surface area (Å²) < 4.78 is 25.7. The van der Waals surface area contributed by atoms with Crippen molar-refractivity contribution in [1.82, 2.24) is 9.62 Å². The van der Waals surface area contributed by atoms with Gasteiger partial charge in [0, 0.05) is 18.8 Å². The Morgan fingerprint density at radius 2 is 1.91 bits per heavy atom. The monoisotopic (exact) mass is 338 g/mol. The van der Waals surface area contributed by atoms with Gasteiger partial charge in [0.1, 0.15) is 0 Å². The summed E-state index contributed by atoms with van der Waals surface area (Å²) in [7, 11) is -3.27. The number of nitrogens with one attached hydrogen (secondary N) is 1. The summed E-state index contributed by atoms with van der Waals surface area (Å²) in [5, 5.41) is 3.10. The lowest BCUT2D eigenvalue weighted by molar-refractivity contribution is -0.128. The third kappa shape index (κ3) is 3.24. The molecular formula is C17H26N2O3S. The predicted molar refractivity (Wildman–Crippen MR) is 90.0 cm³/mol. The van der Waals surface area contributed by atoms with Crippen molar-refractivity contribution in [3.05, 3.63) is 24.4 Å². The van der Waals surface area contributed by atoms with Crippen LogP contribution in [0.1, 0.15) is 44.9 Å². The van der Waals surface area contributed by atoms with Gasteiger partial charge >= 0.3 is 0 Å². The number of carbonyl (C=O) groups excluding carboxylic acids is 1. The Kier molecular flexibility index (Phi) is 4.65. The average Bonchev–Trinajstić information content (AvgIpc) is 2.85. The Morgan fingerprint density at radius 1 is 1.26 bits per heavy atom. The highest BCUT2D eigenvalue weighted by molar-refractivity contribution is 7.89. The molecule has 2 fully saturated rings. The molecule has 3 rings (SSSR count). The van der Waals surface area contributed by atoms with E-state index in [1.807, 2.05) is 0 Å². The maximum atomic E-state index is 12.5. The standard InChI is InChI=1S/C17H26N2O3S/c1-2-12-23(21,22)19-10-8-17(9-11-19)13-15(18-16(17)20)14-6-4-3-5-7-14/h2,13-14H,1,3-12H2,(H,18,20). The van der Waals surface area contributed by atoms with E-state index in [1.165, 1.54) is 29.6 Å². The molecule has 0 bridgehead atoms. The second kappa shape index (κ2) is 6.40. The summed E-state index contributed by atoms with van der Waals surface area (Å²) >= 11 is 0. The topological polar surface area (TPSA) is 66.5 Å². The first-order chi connectivity index (χ1) is 11.0. The lowest BCUT2D eigenvalue weighted by Crippen LogP contribution is -2.46. The molecule has 0 aromatic carbocycles. The van der Waals surface area contributed by atoms with E-state index in [2.05, 4.69) is 18.0 Å². The van der Waals surface area contributed by atoms with Gasteiger partial charge in [-0.25, -0.2) is 12.7 Å². The Balaban J connectivity index is 1.70. The number of hydrogen-bond acceptors (Lipinski definition) is 3. The van der Waals surface area contributed by atoms with Crippen molar-refractivity contribution in [3.8, 4) is 0 Å². The summed E-state index contributed by atoms with van der Waals surface area (Å²) in [5.41, 5.74) is 0.601. The first-order valence-corrected chi connectivity index (χ1v) is 10.2. The van der Waals surface area contributed by atoms with E-state index in [0.717, 1.165) is 18.5 Å². The van der Waals surface area contributed by atoms with Crippen LogP contribution in [0, 0.1) is 11.3 Å². The molecule has 2 heterocycles. The van der Waals surface area contributed by atoms with Crippen LogP contribution in [0.15, 0.2) is 24.4 Å². The minimum Gasteiger partial charge on any atom is -0.329 e. The number of hydrogen-bond donors (Lipinski definition) is 1. The van der Waals surface area contributed by atoms with Crippen LogP contribution < -0.4 is 5.32 Å². The van der Waals surface area contributed by atoms with Crippen LogP contribution in [0.25, 0.3) is 0 Å². The van der Waals surface area contributed by atoms with Crippen LogP contribution in [0.2, 0.25) is 0 Å². The molecule has 0 aromatic heterocycles. The zero-order chi connectivity index (χ0) is 16.5. The van der Waals surface area contributed by atoms with Crippen molar-refractivity contribution in [2.75, 3.05) is 18.8 Å². The molecule has 5 nitrogen and oxygen atoms in total. The summed E-state index contributed by atoms with van der Waals surface area (Å²) in [6.07, 6.45) is 10.8. The van der Waals surface area contributed by atoms with Crippen molar-refractivity contribution in [3.63, 3.8) is 0 Å². The molecule has 1 amide bonds. The van der Waals surface area contributed by atoms with E-state index in [9.17, 15) is 13.2 Å². The molecule has 1 saturated carbocycles. The van der Waals surface area contributed by atoms with Crippen molar-refractivity contribution in [1.29, 1.82) is 0 Å². The van der Waals surface area contributed by atoms with Crippen LogP contribution in [0.5, 0.6) is 0 Å². The Hall–Kier alpha value is -1.14. The smallest absolute Gasteiger partial charge is 0.234 e. The van der Waals surface area contributed by atoms with Gasteiger partial charge in [-0.1, -0.05) is 25.3 Å². The number of amides is 1. The van der Waals surface area contributed by atoms with Gasteiger partial charge < -0.3 is 5.32 Å². The molecule has 2 aliphatic heterocycles. The molecule has 23 heavy (non-hydrogen) atoms. The van der Waals surface area contributed by atoms with E-state index in [-0.39, 0.29) is 11.7 Å². The first-order valence-electron chi connectivity index (χ1n) is 8.60. The molecule has 0 atom stereocenters. The van der Waals surface area contributed by atoms with Gasteiger partial charge in [0.15, 0.2) is 0 Å². The zero-order valence-corrected chi connectivity index (χ0v) is 14.4. The summed E-state index contributed by atoms with van der Waals surface area (Å²) in [6, 6.07) is 0. The van der Waals surface area contributed by atoms with E-state index < -0.39 is 15.4 Å². The summed E-state index contributed by atoms with van der Waals surface area (Å²) in [4.78, 5) is 12.5. The van der Waals surface area contributed by atoms with E-state index in [1.54, 1.807) is 0 Å². The highest BCUT2D eigenvalue weighted by atomic mass is 32.2.